The molecule has 106 valence electrons. The van der Waals surface area contributed by atoms with Crippen molar-refractivity contribution in [1.29, 1.82) is 0 Å². The number of benzene rings is 1. The minimum Gasteiger partial charge on any atom is -0.494 e. The minimum atomic E-state index is -0.0912. The van der Waals surface area contributed by atoms with Crippen molar-refractivity contribution in [2.45, 2.75) is 31.9 Å². The first-order valence-corrected chi connectivity index (χ1v) is 7.10. The van der Waals surface area contributed by atoms with Gasteiger partial charge < -0.3 is 20.5 Å². The van der Waals surface area contributed by atoms with Gasteiger partial charge in [-0.1, -0.05) is 12.1 Å². The van der Waals surface area contributed by atoms with E-state index in [0.29, 0.717) is 6.54 Å². The predicted octanol–water partition coefficient (Wildman–Crippen LogP) is 1.37. The van der Waals surface area contributed by atoms with Gasteiger partial charge in [0.2, 0.25) is 0 Å². The van der Waals surface area contributed by atoms with Crippen LogP contribution in [0.4, 0.5) is 0 Å². The molecule has 0 aromatic heterocycles. The van der Waals surface area contributed by atoms with E-state index in [2.05, 4.69) is 4.90 Å². The average Bonchev–Trinajstić information content (AvgIpc) is 2.46. The molecule has 0 aliphatic carbocycles. The second kappa shape index (κ2) is 7.48. The summed E-state index contributed by atoms with van der Waals surface area (Å²) in [6.07, 6.45) is 2.73. The summed E-state index contributed by atoms with van der Waals surface area (Å²) in [5.74, 6) is 0.900. The van der Waals surface area contributed by atoms with Crippen LogP contribution < -0.4 is 10.5 Å². The second-order valence-electron chi connectivity index (χ2n) is 5.13. The third kappa shape index (κ3) is 4.82. The van der Waals surface area contributed by atoms with E-state index in [4.69, 9.17) is 10.5 Å². The van der Waals surface area contributed by atoms with Crippen LogP contribution in [0.15, 0.2) is 24.3 Å². The molecule has 1 aliphatic rings. The van der Waals surface area contributed by atoms with Crippen LogP contribution in [0.3, 0.4) is 0 Å². The Morgan fingerprint density at radius 1 is 1.32 bits per heavy atom. The monoisotopic (exact) mass is 264 g/mol. The predicted molar refractivity (Wildman–Crippen MR) is 76.1 cm³/mol. The highest BCUT2D eigenvalue weighted by molar-refractivity contribution is 5.28. The quantitative estimate of drug-likeness (QED) is 0.762. The molecule has 1 fully saturated rings. The Balaban J connectivity index is 1.63. The highest BCUT2D eigenvalue weighted by Crippen LogP contribution is 2.14. The lowest BCUT2D eigenvalue weighted by molar-refractivity contribution is 0.0800. The molecule has 1 aliphatic heterocycles. The third-order valence-electron chi connectivity index (χ3n) is 3.58. The highest BCUT2D eigenvalue weighted by Gasteiger charge is 2.15. The van der Waals surface area contributed by atoms with Crippen LogP contribution in [0.2, 0.25) is 0 Å². The molecule has 1 aromatic rings. The van der Waals surface area contributed by atoms with Gasteiger partial charge in [-0.25, -0.2) is 0 Å². The van der Waals surface area contributed by atoms with Gasteiger partial charge in [-0.05, 0) is 37.0 Å². The van der Waals surface area contributed by atoms with Crippen molar-refractivity contribution in [3.63, 3.8) is 0 Å². The number of hydrogen-bond acceptors (Lipinski definition) is 4. The fourth-order valence-corrected chi connectivity index (χ4v) is 2.38. The lowest BCUT2D eigenvalue weighted by Gasteiger charge is -2.29. The Kier molecular flexibility index (Phi) is 5.63. The van der Waals surface area contributed by atoms with Crippen LogP contribution in [-0.2, 0) is 6.54 Å². The Morgan fingerprint density at radius 2 is 2.11 bits per heavy atom. The summed E-state index contributed by atoms with van der Waals surface area (Å²) in [6.45, 7) is 4.33. The van der Waals surface area contributed by atoms with Gasteiger partial charge in [0.1, 0.15) is 5.75 Å². The van der Waals surface area contributed by atoms with Crippen LogP contribution in [0.1, 0.15) is 24.8 Å². The topological polar surface area (TPSA) is 58.7 Å². The van der Waals surface area contributed by atoms with Crippen LogP contribution in [-0.4, -0.2) is 42.4 Å². The zero-order valence-electron chi connectivity index (χ0n) is 11.4. The smallest absolute Gasteiger partial charge is 0.119 e. The van der Waals surface area contributed by atoms with Crippen molar-refractivity contribution in [1.82, 2.24) is 4.90 Å². The number of nitrogens with two attached hydrogens (primary N) is 1. The fraction of sp³-hybridized carbons (Fsp3) is 0.600. The van der Waals surface area contributed by atoms with Crippen molar-refractivity contribution in [3.05, 3.63) is 29.8 Å². The van der Waals surface area contributed by atoms with Crippen molar-refractivity contribution < 1.29 is 9.84 Å². The van der Waals surface area contributed by atoms with Gasteiger partial charge in [0.25, 0.3) is 0 Å². The molecule has 0 saturated carbocycles. The summed E-state index contributed by atoms with van der Waals surface area (Å²) < 4.78 is 5.73. The summed E-state index contributed by atoms with van der Waals surface area (Å²) in [4.78, 5) is 2.40. The standard InChI is InChI=1S/C15H24N2O2/c16-12-13-3-1-4-15(11-13)19-10-2-7-17-8-5-14(18)6-9-17/h1,3-4,11,14,18H,2,5-10,12,16H2. The fourth-order valence-electron chi connectivity index (χ4n) is 2.38. The Morgan fingerprint density at radius 3 is 2.84 bits per heavy atom. The number of nitrogens with zero attached hydrogens (tertiary/aromatic N) is 1. The molecule has 0 spiro atoms. The zero-order chi connectivity index (χ0) is 13.5. The maximum atomic E-state index is 9.43. The average molecular weight is 264 g/mol. The van der Waals surface area contributed by atoms with Crippen molar-refractivity contribution >= 4 is 0 Å². The van der Waals surface area contributed by atoms with E-state index in [1.54, 1.807) is 0 Å². The van der Waals surface area contributed by atoms with Crippen molar-refractivity contribution in [2.75, 3.05) is 26.2 Å². The van der Waals surface area contributed by atoms with Gasteiger partial charge in [0.15, 0.2) is 0 Å². The molecule has 4 heteroatoms. The summed E-state index contributed by atoms with van der Waals surface area (Å²) in [6, 6.07) is 7.95. The van der Waals surface area contributed by atoms with E-state index in [1.165, 1.54) is 0 Å². The molecule has 1 saturated heterocycles. The minimum absolute atomic E-state index is 0.0912. The van der Waals surface area contributed by atoms with Crippen LogP contribution >= 0.6 is 0 Å². The van der Waals surface area contributed by atoms with Crippen LogP contribution in [0.5, 0.6) is 5.75 Å². The normalized spacial score (nSPS) is 17.6. The summed E-state index contributed by atoms with van der Waals surface area (Å²) in [5, 5.41) is 9.43. The first-order chi connectivity index (χ1) is 9.28. The van der Waals surface area contributed by atoms with E-state index >= 15 is 0 Å². The molecule has 0 atom stereocenters. The maximum absolute atomic E-state index is 9.43. The lowest BCUT2D eigenvalue weighted by Crippen LogP contribution is -2.36. The second-order valence-corrected chi connectivity index (χ2v) is 5.13. The van der Waals surface area contributed by atoms with E-state index in [9.17, 15) is 5.11 Å². The number of likely N-dealkylation sites (tertiary alicyclic amines) is 1. The van der Waals surface area contributed by atoms with E-state index in [0.717, 1.165) is 56.8 Å². The lowest BCUT2D eigenvalue weighted by atomic mass is 10.1. The van der Waals surface area contributed by atoms with Crippen molar-refractivity contribution in [2.24, 2.45) is 5.73 Å². The van der Waals surface area contributed by atoms with Gasteiger partial charge in [-0.3, -0.25) is 0 Å². The Labute approximate surface area is 115 Å². The first kappa shape index (κ1) is 14.3. The van der Waals surface area contributed by atoms with Crippen LogP contribution in [0, 0.1) is 0 Å². The molecule has 0 radical (unpaired) electrons. The molecule has 1 aromatic carbocycles. The zero-order valence-corrected chi connectivity index (χ0v) is 11.4. The molecule has 0 amide bonds. The van der Waals surface area contributed by atoms with Gasteiger partial charge >= 0.3 is 0 Å². The maximum Gasteiger partial charge on any atom is 0.119 e. The number of aliphatic hydroxyl groups excluding tert-OH is 1. The summed E-state index contributed by atoms with van der Waals surface area (Å²) in [7, 11) is 0. The van der Waals surface area contributed by atoms with Gasteiger partial charge in [0.05, 0.1) is 12.7 Å². The summed E-state index contributed by atoms with van der Waals surface area (Å²) >= 11 is 0. The van der Waals surface area contributed by atoms with Gasteiger partial charge in [0, 0.05) is 26.2 Å². The largest absolute Gasteiger partial charge is 0.494 e. The van der Waals surface area contributed by atoms with E-state index in [1.807, 2.05) is 24.3 Å². The molecular formula is C15H24N2O2. The van der Waals surface area contributed by atoms with Crippen molar-refractivity contribution in [3.8, 4) is 5.75 Å². The van der Waals surface area contributed by atoms with Crippen LogP contribution in [0.25, 0.3) is 0 Å². The highest BCUT2D eigenvalue weighted by atomic mass is 16.5. The van der Waals surface area contributed by atoms with E-state index < -0.39 is 0 Å². The van der Waals surface area contributed by atoms with Gasteiger partial charge in [-0.15, -0.1) is 0 Å². The number of hydrogen-bond donors (Lipinski definition) is 2. The molecule has 3 N–H and O–H groups in total. The Bertz CT molecular complexity index is 376. The SMILES string of the molecule is NCc1cccc(OCCCN2CCC(O)CC2)c1. The molecular weight excluding hydrogens is 240 g/mol. The van der Waals surface area contributed by atoms with E-state index in [-0.39, 0.29) is 6.10 Å². The Hall–Kier alpha value is -1.10. The first-order valence-electron chi connectivity index (χ1n) is 7.10. The number of rotatable bonds is 6. The molecule has 19 heavy (non-hydrogen) atoms. The number of aliphatic hydroxyl groups is 1. The molecule has 0 unspecified atom stereocenters. The molecule has 2 rings (SSSR count). The molecule has 4 nitrogen and oxygen atoms in total. The third-order valence-corrected chi connectivity index (χ3v) is 3.58. The summed E-state index contributed by atoms with van der Waals surface area (Å²) in [5.41, 5.74) is 6.70. The number of ether oxygens (including phenoxy) is 1. The number of piperidine rings is 1. The molecule has 1 heterocycles. The van der Waals surface area contributed by atoms with Gasteiger partial charge in [-0.2, -0.15) is 0 Å². The molecule has 0 bridgehead atoms.